The molecule has 33 heavy (non-hydrogen) atoms. The second-order valence-electron chi connectivity index (χ2n) is 8.30. The van der Waals surface area contributed by atoms with Gasteiger partial charge in [-0.15, -0.1) is 0 Å². The first kappa shape index (κ1) is 23.1. The van der Waals surface area contributed by atoms with Crippen LogP contribution >= 0.6 is 0 Å². The summed E-state index contributed by atoms with van der Waals surface area (Å²) in [5.74, 6) is 1.49. The molecule has 1 aliphatic rings. The van der Waals surface area contributed by atoms with E-state index in [1.54, 1.807) is 43.7 Å². The molecular weight excluding hydrogens is 448 g/mol. The van der Waals surface area contributed by atoms with E-state index in [4.69, 9.17) is 19.4 Å². The van der Waals surface area contributed by atoms with Crippen LogP contribution in [-0.4, -0.2) is 79.8 Å². The van der Waals surface area contributed by atoms with E-state index in [2.05, 4.69) is 10.3 Å². The van der Waals surface area contributed by atoms with E-state index in [9.17, 15) is 13.5 Å². The Bertz CT molecular complexity index is 1300. The van der Waals surface area contributed by atoms with Gasteiger partial charge < -0.3 is 24.8 Å². The Morgan fingerprint density at radius 1 is 1.18 bits per heavy atom. The molecule has 0 spiro atoms. The number of benzene rings is 1. The summed E-state index contributed by atoms with van der Waals surface area (Å²) in [6.07, 6.45) is 1.17. The fraction of sp³-hybridized carbons (Fsp3) is 0.476. The third kappa shape index (κ3) is 3.93. The van der Waals surface area contributed by atoms with Crippen molar-refractivity contribution in [2.45, 2.75) is 18.6 Å². The maximum Gasteiger partial charge on any atom is 0.239 e. The number of hydrogen-bond donors (Lipinski definition) is 2. The summed E-state index contributed by atoms with van der Waals surface area (Å²) >= 11 is 0. The van der Waals surface area contributed by atoms with Crippen LogP contribution < -0.4 is 15.0 Å². The number of fused-ring (bicyclic) bond motifs is 1. The van der Waals surface area contributed by atoms with Crippen LogP contribution in [0.1, 0.15) is 19.5 Å². The van der Waals surface area contributed by atoms with Gasteiger partial charge in [0.1, 0.15) is 16.2 Å². The average Bonchev–Trinajstić information content (AvgIpc) is 3.15. The zero-order chi connectivity index (χ0) is 24.0. The van der Waals surface area contributed by atoms with Gasteiger partial charge in [-0.05, 0) is 26.0 Å². The Balaban J connectivity index is 2.07. The Labute approximate surface area is 192 Å². The summed E-state index contributed by atoms with van der Waals surface area (Å²) in [6.45, 7) is 5.34. The third-order valence-corrected chi connectivity index (χ3v) is 7.96. The molecule has 4 rings (SSSR count). The maximum absolute atomic E-state index is 12.8. The normalized spacial score (nSPS) is 15.1. The lowest BCUT2D eigenvalue weighted by Crippen LogP contribution is -2.38. The van der Waals surface area contributed by atoms with Gasteiger partial charge >= 0.3 is 0 Å². The molecule has 12 heteroatoms. The van der Waals surface area contributed by atoms with Crippen molar-refractivity contribution in [1.82, 2.24) is 19.5 Å². The van der Waals surface area contributed by atoms with E-state index in [-0.39, 0.29) is 17.4 Å². The minimum absolute atomic E-state index is 0.0601. The molecule has 178 valence electrons. The Morgan fingerprint density at radius 2 is 1.88 bits per heavy atom. The number of nitrogens with zero attached hydrogens (tertiary/aromatic N) is 5. The number of ether oxygens (including phenoxy) is 2. The van der Waals surface area contributed by atoms with Gasteiger partial charge in [0, 0.05) is 32.5 Å². The van der Waals surface area contributed by atoms with Crippen molar-refractivity contribution in [1.29, 1.82) is 0 Å². The zero-order valence-corrected chi connectivity index (χ0v) is 20.1. The molecule has 1 aliphatic heterocycles. The van der Waals surface area contributed by atoms with Crippen molar-refractivity contribution in [3.8, 4) is 17.4 Å². The molecule has 0 radical (unpaired) electrons. The number of morpholine rings is 1. The molecule has 0 aliphatic carbocycles. The van der Waals surface area contributed by atoms with Crippen molar-refractivity contribution in [2.75, 3.05) is 56.9 Å². The fourth-order valence-electron chi connectivity index (χ4n) is 3.72. The molecular formula is C21H28N6O5S. The van der Waals surface area contributed by atoms with Gasteiger partial charge in [0.05, 0.1) is 31.4 Å². The number of phenols is 1. The van der Waals surface area contributed by atoms with Crippen LogP contribution in [0.3, 0.4) is 0 Å². The van der Waals surface area contributed by atoms with Crippen LogP contribution in [-0.2, 0) is 19.3 Å². The molecule has 1 saturated heterocycles. The highest BCUT2D eigenvalue weighted by molar-refractivity contribution is 7.91. The lowest BCUT2D eigenvalue weighted by Gasteiger charge is -2.32. The second kappa shape index (κ2) is 8.34. The highest BCUT2D eigenvalue weighted by Gasteiger charge is 2.40. The first-order valence-electron chi connectivity index (χ1n) is 10.5. The summed E-state index contributed by atoms with van der Waals surface area (Å²) in [4.78, 5) is 16.0. The minimum atomic E-state index is -3.58. The Morgan fingerprint density at radius 3 is 2.48 bits per heavy atom. The standard InChI is InChI=1S/C21H28N6O5S/c1-21(2,33(5,29)30)17-16(31-4)18(26-8-10-32-11-9-26)25-20(24-17)27-15-12-13(28)6-7-14(15)23-19(27)22-3/h6-7,12,28H,8-11H2,1-5H3,(H,22,23). The van der Waals surface area contributed by atoms with Crippen LogP contribution in [0.5, 0.6) is 11.5 Å². The molecule has 2 N–H and O–H groups in total. The molecule has 0 unspecified atom stereocenters. The van der Waals surface area contributed by atoms with Crippen LogP contribution in [0.4, 0.5) is 11.8 Å². The van der Waals surface area contributed by atoms with Gasteiger partial charge in [-0.3, -0.25) is 0 Å². The first-order valence-corrected chi connectivity index (χ1v) is 12.4. The molecule has 0 saturated carbocycles. The summed E-state index contributed by atoms with van der Waals surface area (Å²) in [7, 11) is -0.386. The molecule has 11 nitrogen and oxygen atoms in total. The number of phenolic OH excluding ortho intramolecular Hbond substituents is 1. The number of hydrogen-bond acceptors (Lipinski definition) is 10. The van der Waals surface area contributed by atoms with Gasteiger partial charge in [-0.1, -0.05) is 0 Å². The molecule has 2 aromatic heterocycles. The van der Waals surface area contributed by atoms with Gasteiger partial charge in [0.25, 0.3) is 0 Å². The molecule has 0 bridgehead atoms. The van der Waals surface area contributed by atoms with Gasteiger partial charge in [-0.2, -0.15) is 4.98 Å². The van der Waals surface area contributed by atoms with Crippen LogP contribution in [0.2, 0.25) is 0 Å². The van der Waals surface area contributed by atoms with E-state index < -0.39 is 14.6 Å². The van der Waals surface area contributed by atoms with Gasteiger partial charge in [0.2, 0.25) is 11.9 Å². The minimum Gasteiger partial charge on any atom is -0.508 e. The fourth-order valence-corrected chi connectivity index (χ4v) is 4.21. The predicted molar refractivity (Wildman–Crippen MR) is 125 cm³/mol. The Kier molecular flexibility index (Phi) is 5.83. The second-order valence-corrected chi connectivity index (χ2v) is 10.9. The van der Waals surface area contributed by atoms with Gasteiger partial charge in [-0.25, -0.2) is 23.0 Å². The zero-order valence-electron chi connectivity index (χ0n) is 19.3. The number of sulfone groups is 1. The largest absolute Gasteiger partial charge is 0.508 e. The lowest BCUT2D eigenvalue weighted by atomic mass is 10.1. The molecule has 3 aromatic rings. The molecule has 0 amide bonds. The third-order valence-electron chi connectivity index (χ3n) is 5.91. The van der Waals surface area contributed by atoms with Crippen molar-refractivity contribution in [2.24, 2.45) is 0 Å². The van der Waals surface area contributed by atoms with Crippen molar-refractivity contribution in [3.63, 3.8) is 0 Å². The summed E-state index contributed by atoms with van der Waals surface area (Å²) in [6, 6.07) is 4.80. The van der Waals surface area contributed by atoms with Crippen LogP contribution in [0.15, 0.2) is 18.2 Å². The van der Waals surface area contributed by atoms with Gasteiger partial charge in [0.15, 0.2) is 21.4 Å². The first-order chi connectivity index (χ1) is 15.6. The quantitative estimate of drug-likeness (QED) is 0.542. The Hall–Kier alpha value is -3.12. The van der Waals surface area contributed by atoms with Crippen LogP contribution in [0, 0.1) is 0 Å². The SMILES string of the molecule is CNc1nc2ccc(O)cc2n1-c1nc(N2CCOCC2)c(OC)c(C(C)(C)S(C)(=O)=O)n1. The summed E-state index contributed by atoms with van der Waals surface area (Å²) in [5.41, 5.74) is 1.43. The molecule has 1 aromatic carbocycles. The van der Waals surface area contributed by atoms with E-state index >= 15 is 0 Å². The number of aromatic hydroxyl groups is 1. The van der Waals surface area contributed by atoms with Crippen LogP contribution in [0.25, 0.3) is 17.0 Å². The number of aromatic nitrogens is 4. The number of rotatable bonds is 6. The van der Waals surface area contributed by atoms with Crippen molar-refractivity contribution in [3.05, 3.63) is 23.9 Å². The highest BCUT2D eigenvalue weighted by atomic mass is 32.2. The van der Waals surface area contributed by atoms with Crippen molar-refractivity contribution >= 4 is 32.6 Å². The average molecular weight is 477 g/mol. The monoisotopic (exact) mass is 476 g/mol. The topological polar surface area (TPSA) is 132 Å². The maximum atomic E-state index is 12.8. The summed E-state index contributed by atoms with van der Waals surface area (Å²) in [5, 5.41) is 13.1. The number of methoxy groups -OCH3 is 1. The van der Waals surface area contributed by atoms with Crippen molar-refractivity contribution < 1.29 is 23.0 Å². The molecule has 3 heterocycles. The smallest absolute Gasteiger partial charge is 0.239 e. The summed E-state index contributed by atoms with van der Waals surface area (Å²) < 4.78 is 37.0. The van der Waals surface area contributed by atoms with E-state index in [1.165, 1.54) is 13.4 Å². The number of nitrogens with one attached hydrogen (secondary N) is 1. The molecule has 1 fully saturated rings. The van der Waals surface area contributed by atoms with E-state index in [0.29, 0.717) is 54.9 Å². The highest BCUT2D eigenvalue weighted by Crippen LogP contribution is 2.40. The predicted octanol–water partition coefficient (Wildman–Crippen LogP) is 1.69. The molecule has 0 atom stereocenters. The number of imidazole rings is 1. The number of anilines is 2. The lowest BCUT2D eigenvalue weighted by molar-refractivity contribution is 0.122. The van der Waals surface area contributed by atoms with E-state index in [0.717, 1.165) is 0 Å². The van der Waals surface area contributed by atoms with E-state index in [1.807, 2.05) is 4.90 Å².